The van der Waals surface area contributed by atoms with Gasteiger partial charge in [-0.2, -0.15) is 0 Å². The molecule has 7 heteroatoms. The maximum absolute atomic E-state index is 10.9. The van der Waals surface area contributed by atoms with Crippen LogP contribution in [0.25, 0.3) is 0 Å². The van der Waals surface area contributed by atoms with Gasteiger partial charge in [0.25, 0.3) is 0 Å². The van der Waals surface area contributed by atoms with E-state index in [1.165, 1.54) is 22.7 Å². The zero-order valence-corrected chi connectivity index (χ0v) is 9.35. The van der Waals surface area contributed by atoms with Crippen LogP contribution in [0.4, 0.5) is 10.1 Å². The highest BCUT2D eigenvalue weighted by atomic mass is 32.1. The normalized spacial score (nSPS) is 10.2. The molecule has 2 N–H and O–H groups in total. The van der Waals surface area contributed by atoms with E-state index in [9.17, 15) is 4.79 Å². The summed E-state index contributed by atoms with van der Waals surface area (Å²) in [6, 6.07) is 0. The van der Waals surface area contributed by atoms with Gasteiger partial charge in [0, 0.05) is 11.6 Å². The van der Waals surface area contributed by atoms with Gasteiger partial charge in [0.15, 0.2) is 10.8 Å². The summed E-state index contributed by atoms with van der Waals surface area (Å²) in [5.41, 5.74) is 0.0488. The number of nitrogens with one attached hydrogen (secondary N) is 1. The van der Waals surface area contributed by atoms with E-state index in [0.717, 1.165) is 0 Å². The number of carboxylic acids is 1. The van der Waals surface area contributed by atoms with Crippen molar-refractivity contribution >= 4 is 38.8 Å². The van der Waals surface area contributed by atoms with E-state index in [1.807, 2.05) is 5.38 Å². The molecule has 0 fully saturated rings. The fraction of sp³-hybridized carbons (Fsp3) is 0.125. The third kappa shape index (κ3) is 2.13. The molecule has 0 spiro atoms. The number of anilines is 2. The monoisotopic (exact) mass is 241 g/mol. The predicted octanol–water partition coefficient (Wildman–Crippen LogP) is 2.35. The van der Waals surface area contributed by atoms with Crippen LogP contribution < -0.4 is 5.32 Å². The Kier molecular flexibility index (Phi) is 2.65. The van der Waals surface area contributed by atoms with Gasteiger partial charge < -0.3 is 10.4 Å². The molecule has 0 saturated carbocycles. The van der Waals surface area contributed by atoms with E-state index in [2.05, 4.69) is 15.3 Å². The van der Waals surface area contributed by atoms with Crippen molar-refractivity contribution in [3.63, 3.8) is 0 Å². The Bertz CT molecular complexity index is 478. The fourth-order valence-electron chi connectivity index (χ4n) is 1.04. The number of nitrogens with zero attached hydrogens (tertiary/aromatic N) is 2. The first-order valence-electron chi connectivity index (χ1n) is 4.04. The summed E-state index contributed by atoms with van der Waals surface area (Å²) in [7, 11) is 0. The topological polar surface area (TPSA) is 75.1 Å². The van der Waals surface area contributed by atoms with E-state index in [-0.39, 0.29) is 5.69 Å². The predicted molar refractivity (Wildman–Crippen MR) is 59.2 cm³/mol. The first-order valence-corrected chi connectivity index (χ1v) is 5.73. The van der Waals surface area contributed by atoms with Crippen molar-refractivity contribution in [1.29, 1.82) is 0 Å². The number of carbonyl (C=O) groups is 1. The lowest BCUT2D eigenvalue weighted by Crippen LogP contribution is -2.00. The molecular formula is C8H7N3O2S2. The SMILES string of the molecule is Cc1nc(C(=O)O)c(Nc2nccs2)s1. The Balaban J connectivity index is 2.31. The summed E-state index contributed by atoms with van der Waals surface area (Å²) < 4.78 is 0. The van der Waals surface area contributed by atoms with Crippen molar-refractivity contribution in [3.8, 4) is 0 Å². The molecule has 0 aromatic carbocycles. The second-order valence-corrected chi connectivity index (χ2v) is 4.78. The average Bonchev–Trinajstić information content (AvgIpc) is 2.75. The number of hydrogen-bond donors (Lipinski definition) is 2. The second kappa shape index (κ2) is 3.95. The lowest BCUT2D eigenvalue weighted by Gasteiger charge is -1.98. The maximum atomic E-state index is 10.9. The Morgan fingerprint density at radius 1 is 1.60 bits per heavy atom. The van der Waals surface area contributed by atoms with E-state index >= 15 is 0 Å². The molecule has 0 atom stereocenters. The van der Waals surface area contributed by atoms with Gasteiger partial charge in [-0.3, -0.25) is 0 Å². The minimum atomic E-state index is -1.03. The minimum Gasteiger partial charge on any atom is -0.476 e. The highest BCUT2D eigenvalue weighted by Gasteiger charge is 2.16. The first-order chi connectivity index (χ1) is 7.16. The van der Waals surface area contributed by atoms with Gasteiger partial charge in [-0.15, -0.1) is 22.7 Å². The molecule has 2 rings (SSSR count). The van der Waals surface area contributed by atoms with Gasteiger partial charge >= 0.3 is 5.97 Å². The zero-order valence-electron chi connectivity index (χ0n) is 7.72. The second-order valence-electron chi connectivity index (χ2n) is 2.68. The largest absolute Gasteiger partial charge is 0.476 e. The summed E-state index contributed by atoms with van der Waals surface area (Å²) in [6.07, 6.45) is 1.65. The number of thiazole rings is 2. The third-order valence-corrected chi connectivity index (χ3v) is 3.16. The summed E-state index contributed by atoms with van der Waals surface area (Å²) >= 11 is 2.72. The average molecular weight is 241 g/mol. The van der Waals surface area contributed by atoms with Crippen molar-refractivity contribution in [2.75, 3.05) is 5.32 Å². The van der Waals surface area contributed by atoms with Crippen molar-refractivity contribution in [3.05, 3.63) is 22.3 Å². The molecule has 2 aromatic heterocycles. The Morgan fingerprint density at radius 3 is 3.00 bits per heavy atom. The van der Waals surface area contributed by atoms with Crippen LogP contribution in [0.15, 0.2) is 11.6 Å². The molecule has 0 aliphatic carbocycles. The first kappa shape index (κ1) is 10.1. The molecule has 0 radical (unpaired) electrons. The number of aromatic carboxylic acids is 1. The standard InChI is InChI=1S/C8H7N3O2S2/c1-4-10-5(7(12)13)6(15-4)11-8-9-2-3-14-8/h2-3H,1H3,(H,9,11)(H,12,13). The lowest BCUT2D eigenvalue weighted by molar-refractivity contribution is 0.0692. The highest BCUT2D eigenvalue weighted by molar-refractivity contribution is 7.17. The minimum absolute atomic E-state index is 0.0488. The maximum Gasteiger partial charge on any atom is 0.357 e. The van der Waals surface area contributed by atoms with Crippen molar-refractivity contribution in [2.45, 2.75) is 6.92 Å². The van der Waals surface area contributed by atoms with Gasteiger partial charge in [0.1, 0.15) is 5.00 Å². The summed E-state index contributed by atoms with van der Waals surface area (Å²) in [5, 5.41) is 15.6. The van der Waals surface area contributed by atoms with Crippen molar-refractivity contribution < 1.29 is 9.90 Å². The van der Waals surface area contributed by atoms with Gasteiger partial charge in [-0.25, -0.2) is 14.8 Å². The van der Waals surface area contributed by atoms with Gasteiger partial charge in [0.2, 0.25) is 0 Å². The van der Waals surface area contributed by atoms with E-state index < -0.39 is 5.97 Å². The molecule has 0 bridgehead atoms. The number of aromatic nitrogens is 2. The highest BCUT2D eigenvalue weighted by Crippen LogP contribution is 2.28. The van der Waals surface area contributed by atoms with Crippen LogP contribution >= 0.6 is 22.7 Å². The molecule has 5 nitrogen and oxygen atoms in total. The van der Waals surface area contributed by atoms with Crippen LogP contribution in [0.3, 0.4) is 0 Å². The van der Waals surface area contributed by atoms with Crippen LogP contribution in [-0.4, -0.2) is 21.0 Å². The van der Waals surface area contributed by atoms with Crippen LogP contribution in [0.1, 0.15) is 15.5 Å². The van der Waals surface area contributed by atoms with Gasteiger partial charge in [-0.1, -0.05) is 0 Å². The molecule has 2 heterocycles. The molecule has 0 aliphatic heterocycles. The number of aryl methyl sites for hydroxylation is 1. The third-order valence-electron chi connectivity index (χ3n) is 1.59. The van der Waals surface area contributed by atoms with Crippen LogP contribution in [-0.2, 0) is 0 Å². The zero-order chi connectivity index (χ0) is 10.8. The van der Waals surface area contributed by atoms with Crippen molar-refractivity contribution in [2.24, 2.45) is 0 Å². The molecule has 15 heavy (non-hydrogen) atoms. The van der Waals surface area contributed by atoms with E-state index in [4.69, 9.17) is 5.11 Å². The molecule has 0 saturated heterocycles. The quantitative estimate of drug-likeness (QED) is 0.862. The van der Waals surface area contributed by atoms with Gasteiger partial charge in [0.05, 0.1) is 5.01 Å². The summed E-state index contributed by atoms with van der Waals surface area (Å²) in [4.78, 5) is 18.8. The molecule has 0 aliphatic rings. The molecule has 0 amide bonds. The van der Waals surface area contributed by atoms with E-state index in [0.29, 0.717) is 15.1 Å². The molecule has 0 unspecified atom stereocenters. The summed E-state index contributed by atoms with van der Waals surface area (Å²) in [5.74, 6) is -1.03. The van der Waals surface area contributed by atoms with Crippen LogP contribution in [0.5, 0.6) is 0 Å². The lowest BCUT2D eigenvalue weighted by atomic mass is 10.4. The Morgan fingerprint density at radius 2 is 2.40 bits per heavy atom. The van der Waals surface area contributed by atoms with Crippen LogP contribution in [0, 0.1) is 6.92 Å². The fourth-order valence-corrected chi connectivity index (χ4v) is 2.45. The van der Waals surface area contributed by atoms with E-state index in [1.54, 1.807) is 13.1 Å². The molecule has 2 aromatic rings. The molecule has 78 valence electrons. The smallest absolute Gasteiger partial charge is 0.357 e. The summed E-state index contributed by atoms with van der Waals surface area (Å²) in [6.45, 7) is 1.77. The Hall–Kier alpha value is -1.47. The molecular weight excluding hydrogens is 234 g/mol. The van der Waals surface area contributed by atoms with Crippen molar-refractivity contribution in [1.82, 2.24) is 9.97 Å². The number of rotatable bonds is 3. The Labute approximate surface area is 93.4 Å². The van der Waals surface area contributed by atoms with Gasteiger partial charge in [-0.05, 0) is 6.92 Å². The number of hydrogen-bond acceptors (Lipinski definition) is 6. The number of carboxylic acid groups (broad SMARTS) is 1. The van der Waals surface area contributed by atoms with Crippen LogP contribution in [0.2, 0.25) is 0 Å².